The molecule has 1 N–H and O–H groups in total. The minimum Gasteiger partial charge on any atom is -0.353 e. The molecule has 112 valence electrons. The smallest absolute Gasteiger partial charge is 0.157 e. The first-order valence-electron chi connectivity index (χ1n) is 8.07. The van der Waals surface area contributed by atoms with E-state index in [0.717, 1.165) is 26.2 Å². The number of hydrogen-bond donors (Lipinski definition) is 1. The van der Waals surface area contributed by atoms with Gasteiger partial charge in [0, 0.05) is 25.7 Å². The third-order valence-electron chi connectivity index (χ3n) is 4.03. The van der Waals surface area contributed by atoms with E-state index in [1.807, 2.05) is 0 Å². The lowest BCUT2D eigenvalue weighted by Gasteiger charge is -2.27. The van der Waals surface area contributed by atoms with Gasteiger partial charge in [0.25, 0.3) is 0 Å². The second-order valence-electron chi connectivity index (χ2n) is 5.76. The van der Waals surface area contributed by atoms with Crippen LogP contribution in [0.2, 0.25) is 0 Å². The van der Waals surface area contributed by atoms with Crippen LogP contribution in [0.25, 0.3) is 0 Å². The van der Waals surface area contributed by atoms with Crippen molar-refractivity contribution in [2.24, 2.45) is 0 Å². The first-order valence-corrected chi connectivity index (χ1v) is 8.07. The van der Waals surface area contributed by atoms with E-state index in [4.69, 9.17) is 9.47 Å². The summed E-state index contributed by atoms with van der Waals surface area (Å²) in [5.41, 5.74) is 0. The molecule has 0 amide bonds. The fraction of sp³-hybridized carbons (Fsp3) is 1.00. The first-order chi connectivity index (χ1) is 9.38. The average molecular weight is 270 g/mol. The van der Waals surface area contributed by atoms with E-state index in [9.17, 15) is 0 Å². The lowest BCUT2D eigenvalue weighted by Crippen LogP contribution is -2.40. The van der Waals surface area contributed by atoms with Crippen molar-refractivity contribution in [3.63, 3.8) is 0 Å². The summed E-state index contributed by atoms with van der Waals surface area (Å²) in [6, 6.07) is 0.692. The van der Waals surface area contributed by atoms with Gasteiger partial charge in [-0.1, -0.05) is 6.92 Å². The molecule has 2 aliphatic heterocycles. The van der Waals surface area contributed by atoms with Crippen LogP contribution in [-0.4, -0.2) is 56.6 Å². The van der Waals surface area contributed by atoms with Gasteiger partial charge in [0.1, 0.15) is 0 Å². The topological polar surface area (TPSA) is 33.7 Å². The highest BCUT2D eigenvalue weighted by Crippen LogP contribution is 2.13. The largest absolute Gasteiger partial charge is 0.353 e. The second-order valence-corrected chi connectivity index (χ2v) is 5.76. The zero-order chi connectivity index (χ0) is 13.3. The van der Waals surface area contributed by atoms with Gasteiger partial charge in [-0.05, 0) is 51.6 Å². The molecule has 2 aliphatic rings. The molecule has 4 heteroatoms. The van der Waals surface area contributed by atoms with E-state index in [0.29, 0.717) is 6.04 Å². The molecule has 0 aromatic rings. The highest BCUT2D eigenvalue weighted by molar-refractivity contribution is 4.77. The maximum atomic E-state index is 5.84. The lowest BCUT2D eigenvalue weighted by atomic mass is 10.2. The summed E-state index contributed by atoms with van der Waals surface area (Å²) < 4.78 is 11.4. The van der Waals surface area contributed by atoms with E-state index in [-0.39, 0.29) is 6.29 Å². The number of hydrogen-bond acceptors (Lipinski definition) is 4. The monoisotopic (exact) mass is 270 g/mol. The van der Waals surface area contributed by atoms with Crippen molar-refractivity contribution in [3.05, 3.63) is 0 Å². The molecule has 0 aromatic heterocycles. The fourth-order valence-electron chi connectivity index (χ4n) is 2.99. The van der Waals surface area contributed by atoms with Gasteiger partial charge in [0.2, 0.25) is 0 Å². The Hall–Kier alpha value is -0.160. The van der Waals surface area contributed by atoms with Crippen LogP contribution in [0.1, 0.15) is 45.4 Å². The van der Waals surface area contributed by atoms with Crippen molar-refractivity contribution in [1.82, 2.24) is 10.2 Å². The summed E-state index contributed by atoms with van der Waals surface area (Å²) in [5.74, 6) is 0. The van der Waals surface area contributed by atoms with Crippen molar-refractivity contribution in [3.8, 4) is 0 Å². The quantitative estimate of drug-likeness (QED) is 0.731. The van der Waals surface area contributed by atoms with E-state index in [2.05, 4.69) is 17.1 Å². The van der Waals surface area contributed by atoms with Crippen LogP contribution in [0.3, 0.4) is 0 Å². The molecule has 4 nitrogen and oxygen atoms in total. The Morgan fingerprint density at radius 1 is 1.21 bits per heavy atom. The van der Waals surface area contributed by atoms with Gasteiger partial charge in [-0.25, -0.2) is 0 Å². The maximum Gasteiger partial charge on any atom is 0.157 e. The van der Waals surface area contributed by atoms with Crippen LogP contribution in [-0.2, 0) is 9.47 Å². The summed E-state index contributed by atoms with van der Waals surface area (Å²) in [4.78, 5) is 2.53. The van der Waals surface area contributed by atoms with Gasteiger partial charge in [-0.15, -0.1) is 0 Å². The number of ether oxygens (including phenoxy) is 2. The summed E-state index contributed by atoms with van der Waals surface area (Å²) in [6.07, 6.45) is 7.43. The van der Waals surface area contributed by atoms with Gasteiger partial charge in [-0.3, -0.25) is 4.90 Å². The van der Waals surface area contributed by atoms with Gasteiger partial charge in [0.05, 0.1) is 6.61 Å². The van der Waals surface area contributed by atoms with E-state index in [1.165, 1.54) is 51.7 Å². The molecule has 2 heterocycles. The highest BCUT2D eigenvalue weighted by Gasteiger charge is 2.18. The molecular formula is C15H30N2O2. The van der Waals surface area contributed by atoms with Crippen LogP contribution in [0.15, 0.2) is 0 Å². The summed E-state index contributed by atoms with van der Waals surface area (Å²) in [7, 11) is 0. The molecule has 19 heavy (non-hydrogen) atoms. The predicted molar refractivity (Wildman–Crippen MR) is 77.3 cm³/mol. The minimum absolute atomic E-state index is 0.0573. The van der Waals surface area contributed by atoms with Crippen molar-refractivity contribution in [1.29, 1.82) is 0 Å². The molecule has 2 saturated heterocycles. The van der Waals surface area contributed by atoms with Gasteiger partial charge < -0.3 is 14.8 Å². The SMILES string of the molecule is CCCN(CCOC1CCCCO1)CC1CCCN1. The first kappa shape index (κ1) is 15.2. The van der Waals surface area contributed by atoms with E-state index in [1.54, 1.807) is 0 Å². The Labute approximate surface area is 117 Å². The number of nitrogens with zero attached hydrogens (tertiary/aromatic N) is 1. The van der Waals surface area contributed by atoms with Gasteiger partial charge >= 0.3 is 0 Å². The maximum absolute atomic E-state index is 5.84. The lowest BCUT2D eigenvalue weighted by molar-refractivity contribution is -0.164. The molecule has 2 atom stereocenters. The Kier molecular flexibility index (Phi) is 7.14. The predicted octanol–water partition coefficient (Wildman–Crippen LogP) is 1.99. The Morgan fingerprint density at radius 3 is 2.84 bits per heavy atom. The molecule has 0 saturated carbocycles. The van der Waals surface area contributed by atoms with E-state index >= 15 is 0 Å². The van der Waals surface area contributed by atoms with E-state index < -0.39 is 0 Å². The van der Waals surface area contributed by atoms with Crippen molar-refractivity contribution in [2.45, 2.75) is 57.8 Å². The third-order valence-corrected chi connectivity index (χ3v) is 4.03. The third kappa shape index (κ3) is 5.78. The summed E-state index contributed by atoms with van der Waals surface area (Å²) in [6.45, 7) is 8.49. The molecule has 2 unspecified atom stereocenters. The van der Waals surface area contributed by atoms with Crippen LogP contribution >= 0.6 is 0 Å². The van der Waals surface area contributed by atoms with Gasteiger partial charge in [0.15, 0.2) is 6.29 Å². The Morgan fingerprint density at radius 2 is 2.16 bits per heavy atom. The second kappa shape index (κ2) is 8.90. The molecular weight excluding hydrogens is 240 g/mol. The molecule has 2 fully saturated rings. The Balaban J connectivity index is 1.61. The van der Waals surface area contributed by atoms with Crippen molar-refractivity contribution < 1.29 is 9.47 Å². The van der Waals surface area contributed by atoms with Crippen LogP contribution in [0.5, 0.6) is 0 Å². The number of nitrogens with one attached hydrogen (secondary N) is 1. The normalized spacial score (nSPS) is 28.1. The zero-order valence-electron chi connectivity index (χ0n) is 12.4. The Bertz CT molecular complexity index is 226. The van der Waals surface area contributed by atoms with Gasteiger partial charge in [-0.2, -0.15) is 0 Å². The molecule has 0 bridgehead atoms. The molecule has 0 aliphatic carbocycles. The summed E-state index contributed by atoms with van der Waals surface area (Å²) in [5, 5.41) is 3.58. The fourth-order valence-corrected chi connectivity index (χ4v) is 2.99. The molecule has 0 radical (unpaired) electrons. The van der Waals surface area contributed by atoms with Crippen LogP contribution in [0, 0.1) is 0 Å². The van der Waals surface area contributed by atoms with Crippen molar-refractivity contribution >= 4 is 0 Å². The molecule has 0 spiro atoms. The number of rotatable bonds is 8. The zero-order valence-corrected chi connectivity index (χ0v) is 12.4. The van der Waals surface area contributed by atoms with Crippen LogP contribution in [0.4, 0.5) is 0 Å². The minimum atomic E-state index is 0.0573. The summed E-state index contributed by atoms with van der Waals surface area (Å²) >= 11 is 0. The molecule has 2 rings (SSSR count). The molecule has 0 aromatic carbocycles. The standard InChI is InChI=1S/C15H30N2O2/c1-2-9-17(13-14-6-5-8-16-14)10-12-19-15-7-3-4-11-18-15/h14-16H,2-13H2,1H3. The highest BCUT2D eigenvalue weighted by atomic mass is 16.7. The average Bonchev–Trinajstić information content (AvgIpc) is 2.93. The van der Waals surface area contributed by atoms with Crippen molar-refractivity contribution in [2.75, 3.05) is 39.4 Å². The van der Waals surface area contributed by atoms with Crippen LogP contribution < -0.4 is 5.32 Å².